The summed E-state index contributed by atoms with van der Waals surface area (Å²) in [6.45, 7) is 11.8. The van der Waals surface area contributed by atoms with Crippen LogP contribution in [0.3, 0.4) is 0 Å². The van der Waals surface area contributed by atoms with Crippen LogP contribution in [0.25, 0.3) is 22.4 Å². The molecule has 15 heteroatoms. The number of benzene rings is 1. The Morgan fingerprint density at radius 1 is 1.00 bits per heavy atom. The number of nitrogens with zero attached hydrogens (tertiary/aromatic N) is 4. The number of carbonyl (C=O) groups is 1. The second-order valence-electron chi connectivity index (χ2n) is 12.8. The molecule has 1 atom stereocenters. The molecule has 4 aromatic rings. The summed E-state index contributed by atoms with van der Waals surface area (Å²) in [7, 11) is -8.23. The van der Waals surface area contributed by atoms with Crippen LogP contribution in [-0.4, -0.2) is 64.9 Å². The highest BCUT2D eigenvalue weighted by molar-refractivity contribution is 7.92. The lowest BCUT2D eigenvalue weighted by molar-refractivity contribution is -0.151. The number of halogens is 2. The van der Waals surface area contributed by atoms with Crippen LogP contribution < -0.4 is 5.32 Å². The lowest BCUT2D eigenvalue weighted by atomic mass is 9.88. The van der Waals surface area contributed by atoms with Crippen molar-refractivity contribution >= 4 is 42.7 Å². The minimum Gasteiger partial charge on any atom is -0.459 e. The fourth-order valence-corrected chi connectivity index (χ4v) is 7.33. The number of fused-ring (bicyclic) bond motifs is 1. The van der Waals surface area contributed by atoms with E-state index in [2.05, 4.69) is 20.3 Å². The Morgan fingerprint density at radius 2 is 1.64 bits per heavy atom. The number of anilines is 1. The zero-order chi connectivity index (χ0) is 33.5. The molecule has 0 aliphatic heterocycles. The van der Waals surface area contributed by atoms with Gasteiger partial charge in [0.05, 0.1) is 23.0 Å². The minimum atomic E-state index is -4.20. The van der Waals surface area contributed by atoms with E-state index in [1.807, 2.05) is 6.92 Å². The maximum absolute atomic E-state index is 15.1. The number of hydrogen-bond donors (Lipinski definition) is 1. The van der Waals surface area contributed by atoms with Crippen LogP contribution in [0.4, 0.5) is 14.6 Å². The molecule has 0 fully saturated rings. The Morgan fingerprint density at radius 3 is 2.24 bits per heavy atom. The number of hydrogen-bond acceptors (Lipinski definition) is 10. The summed E-state index contributed by atoms with van der Waals surface area (Å²) in [5.41, 5.74) is -0.867. The average Bonchev–Trinajstić information content (AvgIpc) is 3.27. The lowest BCUT2D eigenvalue weighted by Gasteiger charge is -2.32. The number of nitrogens with one attached hydrogen (secondary N) is 1. The first-order valence-corrected chi connectivity index (χ1v) is 17.1. The molecule has 1 N–H and O–H groups in total. The zero-order valence-corrected chi connectivity index (χ0v) is 27.6. The van der Waals surface area contributed by atoms with Gasteiger partial charge in [-0.15, -0.1) is 0 Å². The zero-order valence-electron chi connectivity index (χ0n) is 25.9. The van der Waals surface area contributed by atoms with Crippen molar-refractivity contribution in [2.75, 3.05) is 16.8 Å². The average molecular weight is 664 g/mol. The van der Waals surface area contributed by atoms with Crippen LogP contribution in [0.5, 0.6) is 0 Å². The Balaban J connectivity index is 1.74. The van der Waals surface area contributed by atoms with Gasteiger partial charge in [-0.3, -0.25) is 4.79 Å². The van der Waals surface area contributed by atoms with E-state index in [0.717, 1.165) is 28.0 Å². The quantitative estimate of drug-likeness (QED) is 0.245. The highest BCUT2D eigenvalue weighted by Crippen LogP contribution is 2.33. The summed E-state index contributed by atoms with van der Waals surface area (Å²) in [6.07, 6.45) is 2.89. The second-order valence-corrected chi connectivity index (χ2v) is 16.7. The van der Waals surface area contributed by atoms with E-state index in [4.69, 9.17) is 4.74 Å². The Bertz CT molecular complexity index is 1960. The molecule has 0 bridgehead atoms. The Hall–Kier alpha value is -3.98. The van der Waals surface area contributed by atoms with Gasteiger partial charge in [-0.2, -0.15) is 0 Å². The highest BCUT2D eigenvalue weighted by Gasteiger charge is 2.33. The fraction of sp³-hybridized carbons (Fsp3) is 0.400. The molecule has 0 saturated carbocycles. The molecule has 242 valence electrons. The summed E-state index contributed by atoms with van der Waals surface area (Å²) < 4.78 is 88.6. The number of ether oxygens (including phenoxy) is 1. The molecule has 0 aliphatic rings. The van der Waals surface area contributed by atoms with E-state index in [9.17, 15) is 26.0 Å². The Labute approximate surface area is 261 Å². The van der Waals surface area contributed by atoms with Crippen molar-refractivity contribution in [2.24, 2.45) is 5.41 Å². The number of carbonyl (C=O) groups excluding carboxylic acids is 1. The SMILES string of the molecule is Cc1ccc(S(=O)(=O)n2cc(-c3ncc(F)c(NC(CS(=O)(=O)CC(=O)OC(C)(C)C)C(C)(C)C)n3)c3cc(F)cnc32)cc1. The number of sulfone groups is 1. The first kappa shape index (κ1) is 33.9. The van der Waals surface area contributed by atoms with Gasteiger partial charge in [0.25, 0.3) is 10.0 Å². The maximum atomic E-state index is 15.1. The molecule has 11 nitrogen and oxygen atoms in total. The summed E-state index contributed by atoms with van der Waals surface area (Å²) in [5.74, 6) is -4.56. The van der Waals surface area contributed by atoms with Crippen LogP contribution in [0.1, 0.15) is 47.1 Å². The van der Waals surface area contributed by atoms with Gasteiger partial charge < -0.3 is 10.1 Å². The van der Waals surface area contributed by atoms with Crippen molar-refractivity contribution in [1.29, 1.82) is 0 Å². The van der Waals surface area contributed by atoms with Crippen molar-refractivity contribution in [3.8, 4) is 11.4 Å². The molecule has 1 unspecified atom stereocenters. The molecular formula is C30H35F2N5O6S2. The summed E-state index contributed by atoms with van der Waals surface area (Å²) in [6, 6.07) is 6.25. The van der Waals surface area contributed by atoms with Gasteiger partial charge in [0.1, 0.15) is 17.2 Å². The van der Waals surface area contributed by atoms with E-state index in [1.54, 1.807) is 53.7 Å². The van der Waals surface area contributed by atoms with Gasteiger partial charge in [0, 0.05) is 23.2 Å². The fourth-order valence-electron chi connectivity index (χ4n) is 4.37. The monoisotopic (exact) mass is 663 g/mol. The normalized spacial score (nSPS) is 13.5. The molecule has 1 aromatic carbocycles. The van der Waals surface area contributed by atoms with Crippen molar-refractivity contribution in [2.45, 2.75) is 65.0 Å². The van der Waals surface area contributed by atoms with Gasteiger partial charge in [0.15, 0.2) is 32.9 Å². The van der Waals surface area contributed by atoms with Crippen molar-refractivity contribution in [1.82, 2.24) is 18.9 Å². The third kappa shape index (κ3) is 8.00. The molecule has 3 heterocycles. The van der Waals surface area contributed by atoms with Gasteiger partial charge in [-0.1, -0.05) is 38.5 Å². The van der Waals surface area contributed by atoms with Crippen LogP contribution in [-0.2, 0) is 29.4 Å². The van der Waals surface area contributed by atoms with E-state index in [1.165, 1.54) is 18.3 Å². The third-order valence-corrected chi connectivity index (χ3v) is 9.86. The van der Waals surface area contributed by atoms with Gasteiger partial charge in [0.2, 0.25) is 0 Å². The van der Waals surface area contributed by atoms with E-state index < -0.39 is 66.0 Å². The molecule has 0 amide bonds. The van der Waals surface area contributed by atoms with E-state index in [-0.39, 0.29) is 33.1 Å². The van der Waals surface area contributed by atoms with Crippen LogP contribution in [0.2, 0.25) is 0 Å². The minimum absolute atomic E-state index is 0.0364. The maximum Gasteiger partial charge on any atom is 0.321 e. The van der Waals surface area contributed by atoms with Gasteiger partial charge >= 0.3 is 5.97 Å². The number of esters is 1. The van der Waals surface area contributed by atoms with Gasteiger partial charge in [-0.25, -0.2) is 44.5 Å². The molecule has 0 radical (unpaired) electrons. The molecule has 0 aliphatic carbocycles. The molecule has 4 rings (SSSR count). The number of aryl methyl sites for hydroxylation is 1. The number of aromatic nitrogens is 4. The molecule has 3 aromatic heterocycles. The van der Waals surface area contributed by atoms with E-state index in [0.29, 0.717) is 0 Å². The summed E-state index contributed by atoms with van der Waals surface area (Å²) in [5, 5.41) is 2.88. The third-order valence-electron chi connectivity index (χ3n) is 6.68. The van der Waals surface area contributed by atoms with Crippen LogP contribution in [0.15, 0.2) is 53.8 Å². The van der Waals surface area contributed by atoms with Crippen molar-refractivity contribution in [3.05, 3.63) is 66.1 Å². The first-order chi connectivity index (χ1) is 20.7. The topological polar surface area (TPSA) is 150 Å². The largest absolute Gasteiger partial charge is 0.459 e. The standard InChI is InChI=1S/C30H35F2N5O6S2/c1-18-8-10-20(11-9-18)45(41,42)37-15-22(21-12-19(31)13-34-28(21)37)26-33-14-23(32)27(36-26)35-24(29(2,3)4)16-44(39,40)17-25(38)43-30(5,6)7/h8-15,24H,16-17H2,1-7H3,(H,33,35,36). The highest BCUT2D eigenvalue weighted by atomic mass is 32.2. The summed E-state index contributed by atoms with van der Waals surface area (Å²) >= 11 is 0. The van der Waals surface area contributed by atoms with E-state index >= 15 is 4.39 Å². The predicted octanol–water partition coefficient (Wildman–Crippen LogP) is 4.90. The number of pyridine rings is 1. The lowest BCUT2D eigenvalue weighted by Crippen LogP contribution is -2.42. The van der Waals surface area contributed by atoms with Crippen molar-refractivity contribution in [3.63, 3.8) is 0 Å². The predicted molar refractivity (Wildman–Crippen MR) is 166 cm³/mol. The second kappa shape index (κ2) is 12.1. The van der Waals surface area contributed by atoms with Gasteiger partial charge in [-0.05, 0) is 51.3 Å². The molecule has 0 saturated heterocycles. The molecule has 45 heavy (non-hydrogen) atoms. The first-order valence-electron chi connectivity index (χ1n) is 13.9. The number of rotatable bonds is 9. The smallest absolute Gasteiger partial charge is 0.321 e. The van der Waals surface area contributed by atoms with Crippen molar-refractivity contribution < 1.29 is 35.1 Å². The molecular weight excluding hydrogens is 628 g/mol. The molecule has 0 spiro atoms. The Kier molecular flexibility index (Phi) is 9.10. The van der Waals surface area contributed by atoms with Crippen LogP contribution >= 0.6 is 0 Å². The summed E-state index contributed by atoms with van der Waals surface area (Å²) in [4.78, 5) is 24.5. The van der Waals surface area contributed by atoms with Crippen LogP contribution in [0, 0.1) is 24.0 Å².